The van der Waals surface area contributed by atoms with Gasteiger partial charge in [0.05, 0.1) is 13.4 Å². The van der Waals surface area contributed by atoms with Crippen molar-refractivity contribution < 1.29 is 13.9 Å². The second kappa shape index (κ2) is 6.70. The molecule has 2 aromatic heterocycles. The first-order valence-electron chi connectivity index (χ1n) is 6.05. The van der Waals surface area contributed by atoms with E-state index in [2.05, 4.69) is 15.0 Å². The molecular formula is C14H16N2O3. The van der Waals surface area contributed by atoms with Crippen LogP contribution < -0.4 is 5.32 Å². The summed E-state index contributed by atoms with van der Waals surface area (Å²) in [6.45, 7) is 1.39. The minimum atomic E-state index is -0.448. The molecule has 0 aliphatic rings. The maximum Gasteiger partial charge on any atom is 0.374 e. The fourth-order valence-electron chi connectivity index (χ4n) is 1.75. The third-order valence-electron chi connectivity index (χ3n) is 2.77. The van der Waals surface area contributed by atoms with E-state index in [-0.39, 0.29) is 5.76 Å². The predicted molar refractivity (Wildman–Crippen MR) is 69.7 cm³/mol. The molecule has 2 rings (SSSR count). The average molecular weight is 260 g/mol. The molecule has 0 amide bonds. The summed E-state index contributed by atoms with van der Waals surface area (Å²) in [5.74, 6) is -0.185. The molecule has 0 aliphatic carbocycles. The summed E-state index contributed by atoms with van der Waals surface area (Å²) in [6, 6.07) is 5.74. The Balaban J connectivity index is 1.80. The number of nitrogens with zero attached hydrogens (tertiary/aromatic N) is 1. The number of nitrogens with one attached hydrogen (secondary N) is 1. The van der Waals surface area contributed by atoms with Crippen LogP contribution in [0.1, 0.15) is 21.7 Å². The zero-order valence-corrected chi connectivity index (χ0v) is 10.8. The summed E-state index contributed by atoms with van der Waals surface area (Å²) in [7, 11) is 1.34. The van der Waals surface area contributed by atoms with Crippen molar-refractivity contribution in [3.63, 3.8) is 0 Å². The van der Waals surface area contributed by atoms with Gasteiger partial charge >= 0.3 is 5.97 Å². The molecule has 5 nitrogen and oxygen atoms in total. The number of furan rings is 1. The summed E-state index contributed by atoms with van der Waals surface area (Å²) in [5.41, 5.74) is 2.03. The zero-order valence-electron chi connectivity index (χ0n) is 10.8. The third kappa shape index (κ3) is 3.66. The van der Waals surface area contributed by atoms with Gasteiger partial charge < -0.3 is 14.5 Å². The molecule has 0 aliphatic heterocycles. The summed E-state index contributed by atoms with van der Waals surface area (Å²) >= 11 is 0. The third-order valence-corrected chi connectivity index (χ3v) is 2.77. The van der Waals surface area contributed by atoms with Gasteiger partial charge in [-0.3, -0.25) is 4.98 Å². The molecule has 100 valence electrons. The summed E-state index contributed by atoms with van der Waals surface area (Å²) in [4.78, 5) is 15.4. The van der Waals surface area contributed by atoms with Gasteiger partial charge in [0.1, 0.15) is 0 Å². The van der Waals surface area contributed by atoms with Crippen LogP contribution in [0.5, 0.6) is 0 Å². The number of carbonyl (C=O) groups is 1. The molecule has 5 heteroatoms. The van der Waals surface area contributed by atoms with Gasteiger partial charge in [-0.05, 0) is 36.7 Å². The van der Waals surface area contributed by atoms with Crippen LogP contribution in [0.2, 0.25) is 0 Å². The Morgan fingerprint density at radius 3 is 2.89 bits per heavy atom. The van der Waals surface area contributed by atoms with Crippen molar-refractivity contribution in [3.05, 3.63) is 53.7 Å². The second-order valence-corrected chi connectivity index (χ2v) is 4.05. The first kappa shape index (κ1) is 13.3. The van der Waals surface area contributed by atoms with Crippen molar-refractivity contribution in [1.82, 2.24) is 10.3 Å². The fraction of sp³-hybridized carbons (Fsp3) is 0.286. The lowest BCUT2D eigenvalue weighted by Crippen LogP contribution is -2.18. The average Bonchev–Trinajstić information content (AvgIpc) is 2.92. The molecule has 0 saturated carbocycles. The lowest BCUT2D eigenvalue weighted by molar-refractivity contribution is 0.0563. The maximum atomic E-state index is 11.4. The van der Waals surface area contributed by atoms with Crippen LogP contribution in [0.15, 0.2) is 41.3 Å². The van der Waals surface area contributed by atoms with Crippen LogP contribution in [0.3, 0.4) is 0 Å². The topological polar surface area (TPSA) is 64.4 Å². The van der Waals surface area contributed by atoms with Crippen molar-refractivity contribution in [1.29, 1.82) is 0 Å². The maximum absolute atomic E-state index is 11.4. The lowest BCUT2D eigenvalue weighted by Gasteiger charge is -2.04. The van der Waals surface area contributed by atoms with Gasteiger partial charge in [-0.2, -0.15) is 0 Å². The minimum absolute atomic E-state index is 0.263. The largest absolute Gasteiger partial charge is 0.463 e. The van der Waals surface area contributed by atoms with E-state index in [0.717, 1.165) is 18.5 Å². The van der Waals surface area contributed by atoms with Gasteiger partial charge in [-0.25, -0.2) is 4.79 Å². The van der Waals surface area contributed by atoms with Crippen LogP contribution in [0.4, 0.5) is 0 Å². The molecule has 2 heterocycles. The van der Waals surface area contributed by atoms with Gasteiger partial charge in [0.15, 0.2) is 0 Å². The van der Waals surface area contributed by atoms with Gasteiger partial charge in [0.25, 0.3) is 0 Å². The number of carbonyl (C=O) groups excluding carboxylic acids is 1. The van der Waals surface area contributed by atoms with Crippen molar-refractivity contribution >= 4 is 5.97 Å². The van der Waals surface area contributed by atoms with E-state index in [1.165, 1.54) is 18.9 Å². The molecule has 0 atom stereocenters. The molecule has 1 N–H and O–H groups in total. The Kier molecular flexibility index (Phi) is 4.69. The van der Waals surface area contributed by atoms with Crippen molar-refractivity contribution in [3.8, 4) is 0 Å². The molecule has 0 bridgehead atoms. The van der Waals surface area contributed by atoms with E-state index in [1.807, 2.05) is 12.1 Å². The number of pyridine rings is 1. The van der Waals surface area contributed by atoms with Crippen LogP contribution in [0.25, 0.3) is 0 Å². The highest BCUT2D eigenvalue weighted by molar-refractivity contribution is 5.87. The number of rotatable bonds is 6. The Morgan fingerprint density at radius 1 is 1.37 bits per heavy atom. The highest BCUT2D eigenvalue weighted by Crippen LogP contribution is 2.11. The highest BCUT2D eigenvalue weighted by Gasteiger charge is 2.14. The molecule has 0 fully saturated rings. The van der Waals surface area contributed by atoms with Gasteiger partial charge in [0, 0.05) is 24.5 Å². The lowest BCUT2D eigenvalue weighted by atomic mass is 10.2. The highest BCUT2D eigenvalue weighted by atomic mass is 16.5. The quantitative estimate of drug-likeness (QED) is 0.633. The standard InChI is InChI=1S/C14H16N2O3/c1-18-14(17)13-12(5-9-19-13)10-16-8-4-11-2-6-15-7-3-11/h2-3,5-7,9,16H,4,8,10H2,1H3. The van der Waals surface area contributed by atoms with E-state index in [1.54, 1.807) is 18.5 Å². The first-order chi connectivity index (χ1) is 9.31. The smallest absolute Gasteiger partial charge is 0.374 e. The van der Waals surface area contributed by atoms with E-state index in [0.29, 0.717) is 6.54 Å². The van der Waals surface area contributed by atoms with Crippen molar-refractivity contribution in [2.75, 3.05) is 13.7 Å². The summed E-state index contributed by atoms with van der Waals surface area (Å²) < 4.78 is 9.75. The zero-order chi connectivity index (χ0) is 13.5. The Morgan fingerprint density at radius 2 is 2.16 bits per heavy atom. The SMILES string of the molecule is COC(=O)c1occc1CNCCc1ccncc1. The predicted octanol–water partition coefficient (Wildman–Crippen LogP) is 1.79. The molecule has 0 saturated heterocycles. The monoisotopic (exact) mass is 260 g/mol. The van der Waals surface area contributed by atoms with Gasteiger partial charge in [-0.15, -0.1) is 0 Å². The molecule has 0 aromatic carbocycles. The Hall–Kier alpha value is -2.14. The molecule has 2 aromatic rings. The van der Waals surface area contributed by atoms with Gasteiger partial charge in [0.2, 0.25) is 5.76 Å². The number of esters is 1. The molecule has 0 spiro atoms. The second-order valence-electron chi connectivity index (χ2n) is 4.05. The van der Waals surface area contributed by atoms with Crippen molar-refractivity contribution in [2.24, 2.45) is 0 Å². The molecule has 0 radical (unpaired) electrons. The summed E-state index contributed by atoms with van der Waals surface area (Å²) in [6.07, 6.45) is 5.96. The first-order valence-corrected chi connectivity index (χ1v) is 6.05. The Labute approximate surface area is 111 Å². The number of aromatic nitrogens is 1. The molecular weight excluding hydrogens is 244 g/mol. The number of hydrogen-bond acceptors (Lipinski definition) is 5. The van der Waals surface area contributed by atoms with Crippen LogP contribution >= 0.6 is 0 Å². The number of hydrogen-bond donors (Lipinski definition) is 1. The van der Waals surface area contributed by atoms with Crippen molar-refractivity contribution in [2.45, 2.75) is 13.0 Å². The fourth-order valence-corrected chi connectivity index (χ4v) is 1.75. The van der Waals surface area contributed by atoms with Crippen LogP contribution in [0, 0.1) is 0 Å². The summed E-state index contributed by atoms with van der Waals surface area (Å²) in [5, 5.41) is 3.27. The molecule has 0 unspecified atom stereocenters. The minimum Gasteiger partial charge on any atom is -0.463 e. The van der Waals surface area contributed by atoms with E-state index >= 15 is 0 Å². The number of ether oxygens (including phenoxy) is 1. The normalized spacial score (nSPS) is 10.4. The Bertz CT molecular complexity index is 522. The van der Waals surface area contributed by atoms with E-state index in [9.17, 15) is 4.79 Å². The van der Waals surface area contributed by atoms with Gasteiger partial charge in [-0.1, -0.05) is 0 Å². The van der Waals surface area contributed by atoms with E-state index in [4.69, 9.17) is 4.42 Å². The van der Waals surface area contributed by atoms with E-state index < -0.39 is 5.97 Å². The van der Waals surface area contributed by atoms with Crippen LogP contribution in [-0.2, 0) is 17.7 Å². The molecule has 19 heavy (non-hydrogen) atoms. The number of methoxy groups -OCH3 is 1. The van der Waals surface area contributed by atoms with Crippen LogP contribution in [-0.4, -0.2) is 24.6 Å².